The molecular formula is C12H16BrClO. The molecule has 1 aromatic carbocycles. The minimum atomic E-state index is -0.141. The van der Waals surface area contributed by atoms with Crippen molar-refractivity contribution in [2.45, 2.75) is 32.5 Å². The van der Waals surface area contributed by atoms with Gasteiger partial charge in [0.05, 0.1) is 11.7 Å². The Morgan fingerprint density at radius 1 is 1.27 bits per heavy atom. The Bertz CT molecular complexity index is 302. The van der Waals surface area contributed by atoms with E-state index in [0.717, 1.165) is 15.9 Å². The highest BCUT2D eigenvalue weighted by Gasteiger charge is 2.19. The highest BCUT2D eigenvalue weighted by Crippen LogP contribution is 2.26. The summed E-state index contributed by atoms with van der Waals surface area (Å²) in [6.07, 6.45) is 0.0715. The Labute approximate surface area is 105 Å². The molecule has 0 N–H and O–H groups in total. The SMILES string of the molecule is CC(C)(C)OC(CBr)c1ccc(Cl)cc1. The van der Waals surface area contributed by atoms with E-state index in [0.29, 0.717) is 0 Å². The van der Waals surface area contributed by atoms with Crippen LogP contribution >= 0.6 is 27.5 Å². The van der Waals surface area contributed by atoms with Gasteiger partial charge in [0.25, 0.3) is 0 Å². The van der Waals surface area contributed by atoms with Gasteiger partial charge in [0.1, 0.15) is 0 Å². The van der Waals surface area contributed by atoms with Gasteiger partial charge in [-0.1, -0.05) is 39.7 Å². The van der Waals surface area contributed by atoms with E-state index in [-0.39, 0.29) is 11.7 Å². The summed E-state index contributed by atoms with van der Waals surface area (Å²) < 4.78 is 5.92. The summed E-state index contributed by atoms with van der Waals surface area (Å²) in [6.45, 7) is 6.16. The molecular weight excluding hydrogens is 275 g/mol. The average Bonchev–Trinajstić information content (AvgIpc) is 2.14. The molecule has 15 heavy (non-hydrogen) atoms. The second kappa shape index (κ2) is 5.33. The maximum atomic E-state index is 5.92. The molecule has 0 saturated heterocycles. The van der Waals surface area contributed by atoms with E-state index in [4.69, 9.17) is 16.3 Å². The maximum absolute atomic E-state index is 5.92. The van der Waals surface area contributed by atoms with E-state index in [1.54, 1.807) is 0 Å². The van der Waals surface area contributed by atoms with E-state index in [9.17, 15) is 0 Å². The van der Waals surface area contributed by atoms with E-state index < -0.39 is 0 Å². The second-order valence-electron chi connectivity index (χ2n) is 4.42. The number of hydrogen-bond acceptors (Lipinski definition) is 1. The lowest BCUT2D eigenvalue weighted by atomic mass is 10.1. The van der Waals surface area contributed by atoms with Gasteiger partial charge < -0.3 is 4.74 Å². The highest BCUT2D eigenvalue weighted by molar-refractivity contribution is 9.09. The zero-order valence-electron chi connectivity index (χ0n) is 9.26. The van der Waals surface area contributed by atoms with Crippen LogP contribution in [0.5, 0.6) is 0 Å². The Balaban J connectivity index is 2.79. The molecule has 0 aromatic heterocycles. The minimum absolute atomic E-state index is 0.0715. The van der Waals surface area contributed by atoms with E-state index in [1.165, 1.54) is 0 Å². The summed E-state index contributed by atoms with van der Waals surface area (Å²) in [5, 5.41) is 1.54. The molecule has 1 rings (SSSR count). The van der Waals surface area contributed by atoms with Gasteiger partial charge in [-0.15, -0.1) is 0 Å². The molecule has 84 valence electrons. The van der Waals surface area contributed by atoms with Crippen LogP contribution in [0.3, 0.4) is 0 Å². The van der Waals surface area contributed by atoms with Gasteiger partial charge >= 0.3 is 0 Å². The summed E-state index contributed by atoms with van der Waals surface area (Å²) in [5.74, 6) is 0. The van der Waals surface area contributed by atoms with Gasteiger partial charge in [0, 0.05) is 10.4 Å². The van der Waals surface area contributed by atoms with Crippen molar-refractivity contribution in [2.75, 3.05) is 5.33 Å². The van der Waals surface area contributed by atoms with Crippen LogP contribution in [0, 0.1) is 0 Å². The van der Waals surface area contributed by atoms with Crippen LogP contribution < -0.4 is 0 Å². The molecule has 0 saturated carbocycles. The quantitative estimate of drug-likeness (QED) is 0.740. The number of ether oxygens (including phenoxy) is 1. The number of alkyl halides is 1. The van der Waals surface area contributed by atoms with Crippen LogP contribution in [0.4, 0.5) is 0 Å². The summed E-state index contributed by atoms with van der Waals surface area (Å²) in [7, 11) is 0. The van der Waals surface area contributed by atoms with Gasteiger partial charge in [-0.2, -0.15) is 0 Å². The molecule has 1 unspecified atom stereocenters. The molecule has 0 aliphatic rings. The molecule has 0 aliphatic heterocycles. The fourth-order valence-corrected chi connectivity index (χ4v) is 1.92. The third kappa shape index (κ3) is 4.54. The fourth-order valence-electron chi connectivity index (χ4n) is 1.29. The van der Waals surface area contributed by atoms with Crippen molar-refractivity contribution in [3.05, 3.63) is 34.9 Å². The van der Waals surface area contributed by atoms with E-state index in [1.807, 2.05) is 24.3 Å². The van der Waals surface area contributed by atoms with Gasteiger partial charge in [0.2, 0.25) is 0 Å². The molecule has 1 atom stereocenters. The topological polar surface area (TPSA) is 9.23 Å². The summed E-state index contributed by atoms with van der Waals surface area (Å²) in [4.78, 5) is 0. The van der Waals surface area contributed by atoms with Crippen LogP contribution in [0.15, 0.2) is 24.3 Å². The summed E-state index contributed by atoms with van der Waals surface area (Å²) in [5.41, 5.74) is 1.00. The standard InChI is InChI=1S/C12H16BrClO/c1-12(2,3)15-11(8-13)9-4-6-10(14)7-5-9/h4-7,11H,8H2,1-3H3. The molecule has 0 amide bonds. The Morgan fingerprint density at radius 3 is 2.20 bits per heavy atom. The van der Waals surface area contributed by atoms with Gasteiger partial charge in [-0.3, -0.25) is 0 Å². The molecule has 0 radical (unpaired) electrons. The minimum Gasteiger partial charge on any atom is -0.367 e. The first-order valence-corrected chi connectivity index (χ1v) is 6.41. The lowest BCUT2D eigenvalue weighted by Crippen LogP contribution is -2.23. The van der Waals surface area contributed by atoms with Crippen molar-refractivity contribution < 1.29 is 4.74 Å². The average molecular weight is 292 g/mol. The van der Waals surface area contributed by atoms with Crippen LogP contribution in [0.1, 0.15) is 32.4 Å². The Kier molecular flexibility index (Phi) is 4.63. The summed E-state index contributed by atoms with van der Waals surface area (Å²) >= 11 is 9.31. The number of benzene rings is 1. The van der Waals surface area contributed by atoms with Crippen molar-refractivity contribution >= 4 is 27.5 Å². The van der Waals surface area contributed by atoms with E-state index >= 15 is 0 Å². The van der Waals surface area contributed by atoms with Gasteiger partial charge in [-0.05, 0) is 38.5 Å². The van der Waals surface area contributed by atoms with Gasteiger partial charge in [-0.25, -0.2) is 0 Å². The van der Waals surface area contributed by atoms with Crippen molar-refractivity contribution in [3.63, 3.8) is 0 Å². The normalized spacial score (nSPS) is 13.9. The van der Waals surface area contributed by atoms with Crippen LogP contribution in [-0.4, -0.2) is 10.9 Å². The smallest absolute Gasteiger partial charge is 0.0928 e. The molecule has 0 spiro atoms. The first-order valence-electron chi connectivity index (χ1n) is 4.91. The molecule has 0 aliphatic carbocycles. The Hall–Kier alpha value is -0.0500. The number of halogens is 2. The van der Waals surface area contributed by atoms with Crippen LogP contribution in [0.2, 0.25) is 5.02 Å². The fraction of sp³-hybridized carbons (Fsp3) is 0.500. The third-order valence-corrected chi connectivity index (χ3v) is 2.72. The molecule has 0 bridgehead atoms. The monoisotopic (exact) mass is 290 g/mol. The predicted octanol–water partition coefficient (Wildman–Crippen LogP) is 4.59. The van der Waals surface area contributed by atoms with E-state index in [2.05, 4.69) is 36.7 Å². The van der Waals surface area contributed by atoms with Crippen molar-refractivity contribution in [3.8, 4) is 0 Å². The first kappa shape index (κ1) is 13.0. The molecule has 0 heterocycles. The third-order valence-electron chi connectivity index (χ3n) is 1.88. The van der Waals surface area contributed by atoms with Crippen LogP contribution in [0.25, 0.3) is 0 Å². The number of rotatable bonds is 3. The Morgan fingerprint density at radius 2 is 1.80 bits per heavy atom. The maximum Gasteiger partial charge on any atom is 0.0928 e. The molecule has 3 heteroatoms. The zero-order valence-corrected chi connectivity index (χ0v) is 11.6. The zero-order chi connectivity index (χ0) is 11.5. The van der Waals surface area contributed by atoms with Crippen molar-refractivity contribution in [1.82, 2.24) is 0 Å². The second-order valence-corrected chi connectivity index (χ2v) is 5.51. The van der Waals surface area contributed by atoms with Crippen molar-refractivity contribution in [1.29, 1.82) is 0 Å². The molecule has 0 fully saturated rings. The molecule has 1 aromatic rings. The largest absolute Gasteiger partial charge is 0.367 e. The molecule has 1 nitrogen and oxygen atoms in total. The lowest BCUT2D eigenvalue weighted by Gasteiger charge is -2.26. The van der Waals surface area contributed by atoms with Crippen molar-refractivity contribution in [2.24, 2.45) is 0 Å². The lowest BCUT2D eigenvalue weighted by molar-refractivity contribution is -0.0501. The highest BCUT2D eigenvalue weighted by atomic mass is 79.9. The number of hydrogen-bond donors (Lipinski definition) is 0. The van der Waals surface area contributed by atoms with Crippen LogP contribution in [-0.2, 0) is 4.74 Å². The van der Waals surface area contributed by atoms with Gasteiger partial charge in [0.15, 0.2) is 0 Å². The summed E-state index contributed by atoms with van der Waals surface area (Å²) in [6, 6.07) is 7.77. The first-order chi connectivity index (χ1) is 6.92. The predicted molar refractivity (Wildman–Crippen MR) is 68.8 cm³/mol.